The van der Waals surface area contributed by atoms with Crippen LogP contribution in [0, 0.1) is 0 Å². The fourth-order valence-corrected chi connectivity index (χ4v) is 1.34. The van der Waals surface area contributed by atoms with Crippen LogP contribution in [-0.2, 0) is 6.42 Å². The second kappa shape index (κ2) is 5.20. The van der Waals surface area contributed by atoms with E-state index in [-0.39, 0.29) is 5.54 Å². The van der Waals surface area contributed by atoms with Gasteiger partial charge >= 0.3 is 0 Å². The maximum atomic E-state index is 5.26. The molecule has 0 fully saturated rings. The summed E-state index contributed by atoms with van der Waals surface area (Å²) < 4.78 is 5.26. The Kier molecular flexibility index (Phi) is 4.21. The molecule has 0 aliphatic rings. The molecule has 0 radical (unpaired) electrons. The number of aryl methyl sites for hydroxylation is 1. The lowest BCUT2D eigenvalue weighted by Crippen LogP contribution is -2.36. The van der Waals surface area contributed by atoms with Gasteiger partial charge in [0.25, 0.3) is 0 Å². The summed E-state index contributed by atoms with van der Waals surface area (Å²) in [6.45, 7) is 7.67. The van der Waals surface area contributed by atoms with Crippen LogP contribution in [0.2, 0.25) is 0 Å². The largest absolute Gasteiger partial charge is 0.469 e. The highest BCUT2D eigenvalue weighted by molar-refractivity contribution is 4.97. The average molecular weight is 195 g/mol. The lowest BCUT2D eigenvalue weighted by Gasteiger charge is -2.20. The van der Waals surface area contributed by atoms with Gasteiger partial charge in [0.05, 0.1) is 6.26 Å². The summed E-state index contributed by atoms with van der Waals surface area (Å²) in [6, 6.07) is 3.99. The Hall–Kier alpha value is -0.760. The zero-order chi connectivity index (χ0) is 10.4. The van der Waals surface area contributed by atoms with Crippen molar-refractivity contribution in [3.63, 3.8) is 0 Å². The van der Waals surface area contributed by atoms with E-state index >= 15 is 0 Å². The highest BCUT2D eigenvalue weighted by Crippen LogP contribution is 2.05. The first kappa shape index (κ1) is 11.3. The van der Waals surface area contributed by atoms with Gasteiger partial charge in [-0.15, -0.1) is 0 Å². The van der Waals surface area contributed by atoms with Gasteiger partial charge in [-0.1, -0.05) is 0 Å². The van der Waals surface area contributed by atoms with Crippen LogP contribution in [0.3, 0.4) is 0 Å². The van der Waals surface area contributed by atoms with E-state index < -0.39 is 0 Å². The number of nitrogens with one attached hydrogen (secondary N) is 1. The molecular formula is C12H21NO. The average Bonchev–Trinajstić information content (AvgIpc) is 2.54. The summed E-state index contributed by atoms with van der Waals surface area (Å²) in [5, 5.41) is 3.47. The number of furan rings is 1. The summed E-state index contributed by atoms with van der Waals surface area (Å²) in [5.74, 6) is 1.10. The molecule has 0 saturated heterocycles. The van der Waals surface area contributed by atoms with Crippen molar-refractivity contribution in [3.05, 3.63) is 24.2 Å². The smallest absolute Gasteiger partial charge is 0.103 e. The number of hydrogen-bond acceptors (Lipinski definition) is 2. The van der Waals surface area contributed by atoms with E-state index in [1.165, 1.54) is 12.8 Å². The minimum atomic E-state index is 0.241. The predicted molar refractivity (Wildman–Crippen MR) is 59.4 cm³/mol. The quantitative estimate of drug-likeness (QED) is 0.731. The number of hydrogen-bond donors (Lipinski definition) is 1. The molecule has 80 valence electrons. The van der Waals surface area contributed by atoms with E-state index in [4.69, 9.17) is 4.42 Å². The minimum absolute atomic E-state index is 0.241. The van der Waals surface area contributed by atoms with E-state index in [1.807, 2.05) is 12.1 Å². The van der Waals surface area contributed by atoms with E-state index in [0.717, 1.165) is 18.7 Å². The Balaban J connectivity index is 2.00. The highest BCUT2D eigenvalue weighted by Gasteiger charge is 2.06. The zero-order valence-corrected chi connectivity index (χ0v) is 9.47. The molecule has 0 spiro atoms. The molecule has 0 atom stereocenters. The highest BCUT2D eigenvalue weighted by atomic mass is 16.3. The van der Waals surface area contributed by atoms with Gasteiger partial charge in [-0.2, -0.15) is 0 Å². The van der Waals surface area contributed by atoms with Gasteiger partial charge in [0.2, 0.25) is 0 Å². The summed E-state index contributed by atoms with van der Waals surface area (Å²) in [5.41, 5.74) is 0.241. The first-order chi connectivity index (χ1) is 6.58. The third kappa shape index (κ3) is 5.07. The summed E-state index contributed by atoms with van der Waals surface area (Å²) in [4.78, 5) is 0. The van der Waals surface area contributed by atoms with Crippen molar-refractivity contribution in [3.8, 4) is 0 Å². The van der Waals surface area contributed by atoms with Gasteiger partial charge in [0.15, 0.2) is 0 Å². The maximum absolute atomic E-state index is 5.26. The van der Waals surface area contributed by atoms with Crippen LogP contribution < -0.4 is 5.32 Å². The molecule has 1 N–H and O–H groups in total. The van der Waals surface area contributed by atoms with E-state index in [1.54, 1.807) is 6.26 Å². The normalized spacial score (nSPS) is 11.9. The van der Waals surface area contributed by atoms with Crippen LogP contribution in [0.1, 0.15) is 39.4 Å². The molecule has 0 amide bonds. The van der Waals surface area contributed by atoms with Crippen LogP contribution in [0.4, 0.5) is 0 Å². The van der Waals surface area contributed by atoms with Crippen molar-refractivity contribution >= 4 is 0 Å². The van der Waals surface area contributed by atoms with Gasteiger partial charge in [0.1, 0.15) is 5.76 Å². The van der Waals surface area contributed by atoms with Crippen molar-refractivity contribution in [1.29, 1.82) is 0 Å². The van der Waals surface area contributed by atoms with Gasteiger partial charge in [-0.3, -0.25) is 0 Å². The molecule has 1 rings (SSSR count). The molecule has 0 unspecified atom stereocenters. The third-order valence-corrected chi connectivity index (χ3v) is 2.09. The fourth-order valence-electron chi connectivity index (χ4n) is 1.34. The predicted octanol–water partition coefficient (Wildman–Crippen LogP) is 2.99. The standard InChI is InChI=1S/C12H21NO/c1-12(2,3)13-9-5-4-7-11-8-6-10-14-11/h6,8,10,13H,4-5,7,9H2,1-3H3. The second-order valence-electron chi connectivity index (χ2n) is 4.71. The topological polar surface area (TPSA) is 25.2 Å². The fraction of sp³-hybridized carbons (Fsp3) is 0.667. The molecule has 2 nitrogen and oxygen atoms in total. The molecule has 0 bridgehead atoms. The molecule has 0 saturated carbocycles. The maximum Gasteiger partial charge on any atom is 0.103 e. The molecule has 1 aromatic heterocycles. The van der Waals surface area contributed by atoms with Crippen LogP contribution in [0.5, 0.6) is 0 Å². The summed E-state index contributed by atoms with van der Waals surface area (Å²) in [6.07, 6.45) is 5.19. The van der Waals surface area contributed by atoms with E-state index in [9.17, 15) is 0 Å². The number of rotatable bonds is 5. The Morgan fingerprint density at radius 1 is 1.29 bits per heavy atom. The van der Waals surface area contributed by atoms with Crippen molar-refractivity contribution in [2.45, 2.75) is 45.6 Å². The van der Waals surface area contributed by atoms with Gasteiger partial charge in [0, 0.05) is 12.0 Å². The van der Waals surface area contributed by atoms with Gasteiger partial charge in [-0.25, -0.2) is 0 Å². The Bertz CT molecular complexity index is 233. The molecular weight excluding hydrogens is 174 g/mol. The van der Waals surface area contributed by atoms with E-state index in [0.29, 0.717) is 0 Å². The SMILES string of the molecule is CC(C)(C)NCCCCc1ccco1. The van der Waals surface area contributed by atoms with Crippen molar-refractivity contribution in [1.82, 2.24) is 5.32 Å². The molecule has 2 heteroatoms. The zero-order valence-electron chi connectivity index (χ0n) is 9.47. The van der Waals surface area contributed by atoms with Gasteiger partial charge in [-0.05, 0) is 52.3 Å². The van der Waals surface area contributed by atoms with Crippen LogP contribution in [0.25, 0.3) is 0 Å². The minimum Gasteiger partial charge on any atom is -0.469 e. The molecule has 0 aliphatic heterocycles. The first-order valence-electron chi connectivity index (χ1n) is 5.35. The van der Waals surface area contributed by atoms with Crippen LogP contribution >= 0.6 is 0 Å². The summed E-state index contributed by atoms with van der Waals surface area (Å²) in [7, 11) is 0. The monoisotopic (exact) mass is 195 g/mol. The summed E-state index contributed by atoms with van der Waals surface area (Å²) >= 11 is 0. The second-order valence-corrected chi connectivity index (χ2v) is 4.71. The van der Waals surface area contributed by atoms with Crippen molar-refractivity contribution < 1.29 is 4.42 Å². The number of unbranched alkanes of at least 4 members (excludes halogenated alkanes) is 1. The molecule has 14 heavy (non-hydrogen) atoms. The van der Waals surface area contributed by atoms with Crippen molar-refractivity contribution in [2.75, 3.05) is 6.54 Å². The van der Waals surface area contributed by atoms with Crippen LogP contribution in [0.15, 0.2) is 22.8 Å². The molecule has 1 aromatic rings. The van der Waals surface area contributed by atoms with E-state index in [2.05, 4.69) is 26.1 Å². The Morgan fingerprint density at radius 2 is 2.07 bits per heavy atom. The van der Waals surface area contributed by atoms with Gasteiger partial charge < -0.3 is 9.73 Å². The molecule has 1 heterocycles. The first-order valence-corrected chi connectivity index (χ1v) is 5.35. The third-order valence-electron chi connectivity index (χ3n) is 2.09. The molecule has 0 aromatic carbocycles. The van der Waals surface area contributed by atoms with Crippen LogP contribution in [-0.4, -0.2) is 12.1 Å². The Morgan fingerprint density at radius 3 is 2.64 bits per heavy atom. The van der Waals surface area contributed by atoms with Crippen molar-refractivity contribution in [2.24, 2.45) is 0 Å². The lowest BCUT2D eigenvalue weighted by atomic mass is 10.1. The molecule has 0 aliphatic carbocycles. The lowest BCUT2D eigenvalue weighted by molar-refractivity contribution is 0.415. The Labute approximate surface area is 86.7 Å².